The predicted molar refractivity (Wildman–Crippen MR) is 57.3 cm³/mol. The molecule has 3 nitrogen and oxygen atoms in total. The molecule has 4 heteroatoms. The number of nitrogens with zero attached hydrogens (tertiary/aromatic N) is 1. The second-order valence-corrected chi connectivity index (χ2v) is 5.79. The van der Waals surface area contributed by atoms with Crippen molar-refractivity contribution in [3.8, 4) is 0 Å². The van der Waals surface area contributed by atoms with Crippen molar-refractivity contribution in [3.63, 3.8) is 0 Å². The molecule has 0 bridgehead atoms. The molecule has 0 radical (unpaired) electrons. The molecule has 1 rings (SSSR count). The minimum atomic E-state index is -0.138. The molecule has 0 aliphatic carbocycles. The van der Waals surface area contributed by atoms with E-state index in [0.29, 0.717) is 6.61 Å². The van der Waals surface area contributed by atoms with E-state index in [4.69, 9.17) is 9.47 Å². The van der Waals surface area contributed by atoms with Gasteiger partial charge in [-0.3, -0.25) is 0 Å². The Kier molecular flexibility index (Phi) is 5.51. The molecule has 2 atom stereocenters. The monoisotopic (exact) mass is 329 g/mol. The molecule has 0 N–H and O–H groups in total. The summed E-state index contributed by atoms with van der Waals surface area (Å²) in [6, 6.07) is 0. The van der Waals surface area contributed by atoms with E-state index in [2.05, 4.69) is 41.9 Å². The maximum atomic E-state index is 5.94. The maximum absolute atomic E-state index is 5.94. The number of hydrogen-bond donors (Lipinski definition) is 0. The first-order chi connectivity index (χ1) is 6.21. The lowest BCUT2D eigenvalue weighted by molar-refractivity contribution is -0.874. The van der Waals surface area contributed by atoms with Crippen molar-refractivity contribution in [2.75, 3.05) is 34.3 Å². The molecule has 0 unspecified atom stereocenters. The second-order valence-electron chi connectivity index (χ2n) is 5.79. The molecular weight excluding hydrogens is 305 g/mol. The Balaban J connectivity index is 0.00000196. The lowest BCUT2D eigenvalue weighted by Gasteiger charge is -2.42. The van der Waals surface area contributed by atoms with Crippen LogP contribution in [0.15, 0.2) is 0 Å². The van der Waals surface area contributed by atoms with Gasteiger partial charge in [-0.2, -0.15) is 0 Å². The smallest absolute Gasteiger partial charge is 0.130 e. The van der Waals surface area contributed by atoms with Gasteiger partial charge in [0.15, 0.2) is 0 Å². The third-order valence-corrected chi connectivity index (χ3v) is 2.77. The first-order valence-electron chi connectivity index (χ1n) is 5.30. The van der Waals surface area contributed by atoms with Gasteiger partial charge in [-0.1, -0.05) is 0 Å². The fourth-order valence-corrected chi connectivity index (χ4v) is 1.62. The Morgan fingerprint density at radius 3 is 2.20 bits per heavy atom. The molecular formula is C11H24INO2. The molecule has 92 valence electrons. The highest BCUT2D eigenvalue weighted by Gasteiger charge is 2.37. The van der Waals surface area contributed by atoms with Crippen LogP contribution in [0.25, 0.3) is 0 Å². The Bertz CT molecular complexity index is 201. The lowest BCUT2D eigenvalue weighted by Crippen LogP contribution is -3.00. The topological polar surface area (TPSA) is 18.5 Å². The molecule has 1 heterocycles. The van der Waals surface area contributed by atoms with E-state index in [9.17, 15) is 0 Å². The van der Waals surface area contributed by atoms with Gasteiger partial charge in [0.05, 0.1) is 39.5 Å². The Labute approximate surface area is 111 Å². The summed E-state index contributed by atoms with van der Waals surface area (Å²) in [5.74, 6) is 0. The predicted octanol–water partition coefficient (Wildman–Crippen LogP) is -1.72. The van der Waals surface area contributed by atoms with Crippen LogP contribution in [0, 0.1) is 0 Å². The van der Waals surface area contributed by atoms with Crippen LogP contribution in [0.2, 0.25) is 0 Å². The van der Waals surface area contributed by atoms with E-state index < -0.39 is 0 Å². The summed E-state index contributed by atoms with van der Waals surface area (Å²) in [5.41, 5.74) is -0.138. The number of halogens is 1. The third kappa shape index (κ3) is 4.97. The van der Waals surface area contributed by atoms with Gasteiger partial charge < -0.3 is 37.9 Å². The van der Waals surface area contributed by atoms with E-state index in [1.54, 1.807) is 0 Å². The van der Waals surface area contributed by atoms with Crippen molar-refractivity contribution in [2.24, 2.45) is 0 Å². The van der Waals surface area contributed by atoms with Crippen molar-refractivity contribution in [1.82, 2.24) is 0 Å². The fraction of sp³-hybridized carbons (Fsp3) is 1.00. The molecule has 0 spiro atoms. The third-order valence-electron chi connectivity index (χ3n) is 2.77. The maximum Gasteiger partial charge on any atom is 0.130 e. The van der Waals surface area contributed by atoms with Crippen LogP contribution in [0.3, 0.4) is 0 Å². The SMILES string of the molecule is C[C@@H]1O[C@H](C[N+](C)(C)C)COC1(C)C.[I-]. The number of likely N-dealkylation sites (N-methyl/N-ethyl adjacent to an activating group) is 1. The Morgan fingerprint density at radius 2 is 1.80 bits per heavy atom. The van der Waals surface area contributed by atoms with Gasteiger partial charge in [0.1, 0.15) is 12.6 Å². The summed E-state index contributed by atoms with van der Waals surface area (Å²) in [6.45, 7) is 7.97. The van der Waals surface area contributed by atoms with E-state index in [0.717, 1.165) is 11.0 Å². The average molecular weight is 329 g/mol. The molecule has 1 aliphatic heterocycles. The average Bonchev–Trinajstić information content (AvgIpc) is 1.95. The number of quaternary nitrogens is 1. The zero-order chi connectivity index (χ0) is 11.0. The minimum absolute atomic E-state index is 0. The summed E-state index contributed by atoms with van der Waals surface area (Å²) in [4.78, 5) is 0. The summed E-state index contributed by atoms with van der Waals surface area (Å²) < 4.78 is 12.7. The minimum Gasteiger partial charge on any atom is -1.00 e. The van der Waals surface area contributed by atoms with Crippen LogP contribution < -0.4 is 24.0 Å². The molecule has 0 aromatic heterocycles. The van der Waals surface area contributed by atoms with Crippen LogP contribution in [0.5, 0.6) is 0 Å². The quantitative estimate of drug-likeness (QED) is 0.443. The summed E-state index contributed by atoms with van der Waals surface area (Å²) in [5, 5.41) is 0. The fourth-order valence-electron chi connectivity index (χ4n) is 1.62. The summed E-state index contributed by atoms with van der Waals surface area (Å²) >= 11 is 0. The summed E-state index contributed by atoms with van der Waals surface area (Å²) in [7, 11) is 6.52. The van der Waals surface area contributed by atoms with Crippen LogP contribution >= 0.6 is 0 Å². The first-order valence-corrected chi connectivity index (χ1v) is 5.30. The van der Waals surface area contributed by atoms with Crippen LogP contribution in [0.1, 0.15) is 20.8 Å². The van der Waals surface area contributed by atoms with Gasteiger partial charge >= 0.3 is 0 Å². The van der Waals surface area contributed by atoms with Crippen molar-refractivity contribution in [1.29, 1.82) is 0 Å². The van der Waals surface area contributed by atoms with Gasteiger partial charge in [0.2, 0.25) is 0 Å². The number of ether oxygens (including phenoxy) is 2. The van der Waals surface area contributed by atoms with Crippen molar-refractivity contribution in [3.05, 3.63) is 0 Å². The van der Waals surface area contributed by atoms with E-state index in [1.807, 2.05) is 0 Å². The van der Waals surface area contributed by atoms with Crippen LogP contribution in [0.4, 0.5) is 0 Å². The highest BCUT2D eigenvalue weighted by Crippen LogP contribution is 2.25. The van der Waals surface area contributed by atoms with Crippen molar-refractivity contribution < 1.29 is 37.9 Å². The van der Waals surface area contributed by atoms with Gasteiger partial charge in [-0.05, 0) is 20.8 Å². The number of rotatable bonds is 2. The first kappa shape index (κ1) is 15.6. The van der Waals surface area contributed by atoms with Crippen LogP contribution in [-0.4, -0.2) is 56.6 Å². The van der Waals surface area contributed by atoms with Gasteiger partial charge in [-0.25, -0.2) is 0 Å². The van der Waals surface area contributed by atoms with E-state index >= 15 is 0 Å². The van der Waals surface area contributed by atoms with Gasteiger partial charge in [-0.15, -0.1) is 0 Å². The molecule has 0 aromatic carbocycles. The molecule has 0 amide bonds. The molecule has 1 aliphatic rings. The van der Waals surface area contributed by atoms with Crippen molar-refractivity contribution >= 4 is 0 Å². The molecule has 0 saturated carbocycles. The van der Waals surface area contributed by atoms with Gasteiger partial charge in [0.25, 0.3) is 0 Å². The normalized spacial score (nSPS) is 30.8. The van der Waals surface area contributed by atoms with E-state index in [1.165, 1.54) is 0 Å². The Morgan fingerprint density at radius 1 is 1.27 bits per heavy atom. The molecule has 1 saturated heterocycles. The lowest BCUT2D eigenvalue weighted by atomic mass is 10.0. The Hall–Kier alpha value is 0.610. The highest BCUT2D eigenvalue weighted by molar-refractivity contribution is 4.82. The zero-order valence-corrected chi connectivity index (χ0v) is 12.9. The number of hydrogen-bond acceptors (Lipinski definition) is 2. The molecule has 15 heavy (non-hydrogen) atoms. The van der Waals surface area contributed by atoms with Gasteiger partial charge in [0, 0.05) is 0 Å². The van der Waals surface area contributed by atoms with Crippen molar-refractivity contribution in [2.45, 2.75) is 38.6 Å². The highest BCUT2D eigenvalue weighted by atomic mass is 127. The zero-order valence-electron chi connectivity index (χ0n) is 10.7. The summed E-state index contributed by atoms with van der Waals surface area (Å²) in [6.07, 6.45) is 0.408. The molecule has 0 aromatic rings. The molecule has 1 fully saturated rings. The largest absolute Gasteiger partial charge is 1.00 e. The standard InChI is InChI=1S/C11H24NO2.HI/c1-9-11(2,3)13-8-10(14-9)7-12(4,5)6;/h9-10H,7-8H2,1-6H3;1H/q+1;/p-1/t9-,10+;/m0./s1. The van der Waals surface area contributed by atoms with E-state index in [-0.39, 0.29) is 41.8 Å². The van der Waals surface area contributed by atoms with Crippen LogP contribution in [-0.2, 0) is 9.47 Å². The second kappa shape index (κ2) is 5.29.